The van der Waals surface area contributed by atoms with E-state index in [0.717, 1.165) is 10.1 Å². The Morgan fingerprint density at radius 2 is 1.90 bits per heavy atom. The van der Waals surface area contributed by atoms with Crippen LogP contribution < -0.4 is 10.1 Å². The molecule has 20 heavy (non-hydrogen) atoms. The molecule has 0 amide bonds. The van der Waals surface area contributed by atoms with E-state index in [0.29, 0.717) is 17.1 Å². The highest BCUT2D eigenvalue weighted by Crippen LogP contribution is 2.31. The number of hydrogen-bond acceptors (Lipinski definition) is 2. The van der Waals surface area contributed by atoms with Crippen molar-refractivity contribution in [2.24, 2.45) is 0 Å². The summed E-state index contributed by atoms with van der Waals surface area (Å²) in [4.78, 5) is 0. The van der Waals surface area contributed by atoms with Gasteiger partial charge in [-0.15, -0.1) is 0 Å². The first kappa shape index (κ1) is 15.3. The molecule has 0 radical (unpaired) electrons. The minimum Gasteiger partial charge on any atom is -0.457 e. The first-order valence-electron chi connectivity index (χ1n) is 6.57. The molecule has 2 rings (SSSR count). The zero-order valence-electron chi connectivity index (χ0n) is 11.5. The van der Waals surface area contributed by atoms with Gasteiger partial charge in [-0.05, 0) is 72.5 Å². The molecule has 2 aromatic rings. The second-order valence-corrected chi connectivity index (χ2v) is 5.73. The highest BCUT2D eigenvalue weighted by molar-refractivity contribution is 14.1. The number of ether oxygens (including phenoxy) is 1. The fourth-order valence-corrected chi connectivity index (χ4v) is 2.42. The van der Waals surface area contributed by atoms with E-state index in [4.69, 9.17) is 4.74 Å². The highest BCUT2D eigenvalue weighted by atomic mass is 127. The molecule has 1 atom stereocenters. The van der Waals surface area contributed by atoms with Gasteiger partial charge in [-0.2, -0.15) is 0 Å². The molecule has 106 valence electrons. The Morgan fingerprint density at radius 1 is 1.20 bits per heavy atom. The van der Waals surface area contributed by atoms with Crippen LogP contribution in [0.4, 0.5) is 4.39 Å². The summed E-state index contributed by atoms with van der Waals surface area (Å²) in [6.07, 6.45) is 0. The molecule has 0 saturated heterocycles. The van der Waals surface area contributed by atoms with E-state index in [-0.39, 0.29) is 11.9 Å². The van der Waals surface area contributed by atoms with Gasteiger partial charge >= 0.3 is 0 Å². The summed E-state index contributed by atoms with van der Waals surface area (Å²) in [5.74, 6) is 1.02. The van der Waals surface area contributed by atoms with Gasteiger partial charge in [0.25, 0.3) is 0 Å². The van der Waals surface area contributed by atoms with Crippen LogP contribution in [-0.4, -0.2) is 6.54 Å². The Hall–Kier alpha value is -1.14. The fourth-order valence-electron chi connectivity index (χ4n) is 2.06. The fraction of sp³-hybridized carbons (Fsp3) is 0.250. The topological polar surface area (TPSA) is 21.3 Å². The van der Waals surface area contributed by atoms with E-state index in [9.17, 15) is 4.39 Å². The van der Waals surface area contributed by atoms with Gasteiger partial charge in [0.15, 0.2) is 0 Å². The Kier molecular flexibility index (Phi) is 5.37. The van der Waals surface area contributed by atoms with E-state index >= 15 is 0 Å². The molecule has 1 unspecified atom stereocenters. The molecular weight excluding hydrogens is 368 g/mol. The molecule has 0 aliphatic heterocycles. The zero-order chi connectivity index (χ0) is 14.5. The van der Waals surface area contributed by atoms with E-state index < -0.39 is 0 Å². The Bertz CT molecular complexity index is 571. The first-order valence-corrected chi connectivity index (χ1v) is 7.65. The van der Waals surface area contributed by atoms with Crippen molar-refractivity contribution in [1.82, 2.24) is 5.32 Å². The Labute approximate surface area is 132 Å². The van der Waals surface area contributed by atoms with Crippen LogP contribution in [0.5, 0.6) is 11.5 Å². The molecule has 2 aromatic carbocycles. The predicted molar refractivity (Wildman–Crippen MR) is 87.7 cm³/mol. The van der Waals surface area contributed by atoms with Gasteiger partial charge < -0.3 is 10.1 Å². The number of rotatable bonds is 5. The van der Waals surface area contributed by atoms with Crippen molar-refractivity contribution >= 4 is 22.6 Å². The first-order chi connectivity index (χ1) is 9.61. The second-order valence-electron chi connectivity index (χ2n) is 4.49. The van der Waals surface area contributed by atoms with Gasteiger partial charge in [-0.3, -0.25) is 0 Å². The number of halogens is 2. The summed E-state index contributed by atoms with van der Waals surface area (Å²) in [7, 11) is 0. The standard InChI is InChI=1S/C16H17FINO/c1-3-19-11(2)16-14(17)5-4-6-15(16)20-13-9-7-12(18)8-10-13/h4-11,19H,3H2,1-2H3. The van der Waals surface area contributed by atoms with Crippen LogP contribution in [0.3, 0.4) is 0 Å². The maximum absolute atomic E-state index is 14.1. The summed E-state index contributed by atoms with van der Waals surface area (Å²) >= 11 is 2.24. The van der Waals surface area contributed by atoms with E-state index in [2.05, 4.69) is 27.9 Å². The molecule has 1 N–H and O–H groups in total. The van der Waals surface area contributed by atoms with Crippen LogP contribution in [0.25, 0.3) is 0 Å². The average Bonchev–Trinajstić information content (AvgIpc) is 2.42. The molecule has 0 aliphatic carbocycles. The summed E-state index contributed by atoms with van der Waals surface area (Å²) in [5, 5.41) is 3.22. The van der Waals surface area contributed by atoms with Crippen molar-refractivity contribution in [3.8, 4) is 11.5 Å². The summed E-state index contributed by atoms with van der Waals surface area (Å²) in [6.45, 7) is 4.71. The molecule has 0 heterocycles. The minimum atomic E-state index is -0.249. The van der Waals surface area contributed by atoms with Crippen LogP contribution in [0.15, 0.2) is 42.5 Å². The van der Waals surface area contributed by atoms with Crippen LogP contribution in [-0.2, 0) is 0 Å². The van der Waals surface area contributed by atoms with Crippen LogP contribution >= 0.6 is 22.6 Å². The lowest BCUT2D eigenvalue weighted by atomic mass is 10.1. The van der Waals surface area contributed by atoms with Gasteiger partial charge in [-0.25, -0.2) is 4.39 Å². The summed E-state index contributed by atoms with van der Waals surface area (Å²) in [5.41, 5.74) is 0.563. The van der Waals surface area contributed by atoms with Crippen LogP contribution in [0, 0.1) is 9.39 Å². The zero-order valence-corrected chi connectivity index (χ0v) is 13.6. The molecule has 4 heteroatoms. The monoisotopic (exact) mass is 385 g/mol. The van der Waals surface area contributed by atoms with Gasteiger partial charge in [0.05, 0.1) is 0 Å². The lowest BCUT2D eigenvalue weighted by Crippen LogP contribution is -2.19. The van der Waals surface area contributed by atoms with Crippen molar-refractivity contribution in [3.05, 3.63) is 57.4 Å². The summed E-state index contributed by atoms with van der Waals surface area (Å²) < 4.78 is 21.0. The normalized spacial score (nSPS) is 12.2. The SMILES string of the molecule is CCNC(C)c1c(F)cccc1Oc1ccc(I)cc1. The lowest BCUT2D eigenvalue weighted by molar-refractivity contribution is 0.448. The number of benzene rings is 2. The van der Waals surface area contributed by atoms with E-state index in [1.165, 1.54) is 6.07 Å². The van der Waals surface area contributed by atoms with Gasteiger partial charge in [0.1, 0.15) is 17.3 Å². The highest BCUT2D eigenvalue weighted by Gasteiger charge is 2.16. The number of nitrogens with one attached hydrogen (secondary N) is 1. The second kappa shape index (κ2) is 7.04. The predicted octanol–water partition coefficient (Wildman–Crippen LogP) is 4.89. The maximum atomic E-state index is 14.1. The van der Waals surface area contributed by atoms with Gasteiger partial charge in [0.2, 0.25) is 0 Å². The molecule has 0 aromatic heterocycles. The lowest BCUT2D eigenvalue weighted by Gasteiger charge is -2.18. The molecule has 0 aliphatic rings. The number of hydrogen-bond donors (Lipinski definition) is 1. The maximum Gasteiger partial charge on any atom is 0.135 e. The molecule has 0 spiro atoms. The van der Waals surface area contributed by atoms with Crippen molar-refractivity contribution in [2.45, 2.75) is 19.9 Å². The smallest absolute Gasteiger partial charge is 0.135 e. The third-order valence-corrected chi connectivity index (χ3v) is 3.72. The molecule has 0 fully saturated rings. The van der Waals surface area contributed by atoms with Crippen LogP contribution in [0.2, 0.25) is 0 Å². The van der Waals surface area contributed by atoms with Crippen molar-refractivity contribution in [2.75, 3.05) is 6.54 Å². The van der Waals surface area contributed by atoms with Crippen molar-refractivity contribution in [1.29, 1.82) is 0 Å². The molecule has 0 bridgehead atoms. The van der Waals surface area contributed by atoms with Crippen molar-refractivity contribution < 1.29 is 9.13 Å². The molecule has 0 saturated carbocycles. The minimum absolute atomic E-state index is 0.0972. The molecule has 2 nitrogen and oxygen atoms in total. The molecular formula is C16H17FINO. The Balaban J connectivity index is 2.31. The third-order valence-electron chi connectivity index (χ3n) is 3.00. The van der Waals surface area contributed by atoms with E-state index in [1.807, 2.05) is 38.1 Å². The van der Waals surface area contributed by atoms with Crippen LogP contribution in [0.1, 0.15) is 25.5 Å². The largest absolute Gasteiger partial charge is 0.457 e. The average molecular weight is 385 g/mol. The van der Waals surface area contributed by atoms with Gasteiger partial charge in [0, 0.05) is 15.2 Å². The van der Waals surface area contributed by atoms with Gasteiger partial charge in [-0.1, -0.05) is 13.0 Å². The quantitative estimate of drug-likeness (QED) is 0.740. The summed E-state index contributed by atoms with van der Waals surface area (Å²) in [6, 6.07) is 12.5. The Morgan fingerprint density at radius 3 is 2.55 bits per heavy atom. The van der Waals surface area contributed by atoms with Crippen molar-refractivity contribution in [3.63, 3.8) is 0 Å². The third kappa shape index (κ3) is 3.70. The van der Waals surface area contributed by atoms with E-state index in [1.54, 1.807) is 12.1 Å².